The maximum absolute atomic E-state index is 11.4. The fourth-order valence-electron chi connectivity index (χ4n) is 1.61. The van der Waals surface area contributed by atoms with Gasteiger partial charge in [-0.1, -0.05) is 37.3 Å². The van der Waals surface area contributed by atoms with Crippen LogP contribution in [0.2, 0.25) is 0 Å². The minimum absolute atomic E-state index is 0.0476. The molecule has 1 rings (SSSR count). The Hall–Kier alpha value is -1.56. The molecule has 19 heavy (non-hydrogen) atoms. The summed E-state index contributed by atoms with van der Waals surface area (Å²) in [5, 5.41) is 2.55. The van der Waals surface area contributed by atoms with Gasteiger partial charge in [-0.15, -0.1) is 0 Å². The highest BCUT2D eigenvalue weighted by Crippen LogP contribution is 2.01. The number of amides is 1. The first-order valence-corrected chi connectivity index (χ1v) is 8.05. The fourth-order valence-corrected chi connectivity index (χ4v) is 2.76. The Morgan fingerprint density at radius 1 is 1.32 bits per heavy atom. The Bertz CT molecular complexity index is 499. The zero-order chi connectivity index (χ0) is 14.3. The zero-order valence-corrected chi connectivity index (χ0v) is 11.9. The number of nitrogens with one attached hydrogen (secondary N) is 1. The van der Waals surface area contributed by atoms with Crippen molar-refractivity contribution in [1.82, 2.24) is 5.32 Å². The van der Waals surface area contributed by atoms with Crippen LogP contribution in [0.1, 0.15) is 12.5 Å². The van der Waals surface area contributed by atoms with Crippen molar-refractivity contribution in [3.63, 3.8) is 0 Å². The second-order valence-corrected chi connectivity index (χ2v) is 6.83. The van der Waals surface area contributed by atoms with Crippen LogP contribution >= 0.6 is 0 Å². The van der Waals surface area contributed by atoms with Crippen LogP contribution in [-0.2, 0) is 21.2 Å². The molecule has 0 aliphatic carbocycles. The predicted octanol–water partition coefficient (Wildman–Crippen LogP) is 1.59. The number of benzene rings is 1. The summed E-state index contributed by atoms with van der Waals surface area (Å²) in [6, 6.07) is 9.34. The van der Waals surface area contributed by atoms with Crippen molar-refractivity contribution in [3.05, 3.63) is 35.9 Å². The van der Waals surface area contributed by atoms with Gasteiger partial charge in [0.1, 0.15) is 16.4 Å². The Labute approximate surface area is 113 Å². The van der Waals surface area contributed by atoms with Crippen LogP contribution in [0.5, 0.6) is 0 Å². The molecule has 0 aliphatic heterocycles. The van der Waals surface area contributed by atoms with E-state index in [2.05, 4.69) is 5.32 Å². The Kier molecular flexibility index (Phi) is 5.82. The van der Waals surface area contributed by atoms with Gasteiger partial charge < -0.3 is 10.1 Å². The van der Waals surface area contributed by atoms with E-state index < -0.39 is 15.9 Å². The van der Waals surface area contributed by atoms with Crippen LogP contribution in [0.15, 0.2) is 30.3 Å². The molecule has 0 aliphatic rings. The first-order valence-electron chi connectivity index (χ1n) is 5.99. The molecule has 1 atom stereocenters. The molecule has 0 spiro atoms. The van der Waals surface area contributed by atoms with E-state index >= 15 is 0 Å². The molecule has 1 aromatic rings. The molecule has 5 nitrogen and oxygen atoms in total. The highest BCUT2D eigenvalue weighted by atomic mass is 32.2. The van der Waals surface area contributed by atoms with Crippen LogP contribution in [0.3, 0.4) is 0 Å². The maximum Gasteiger partial charge on any atom is 0.407 e. The lowest BCUT2D eigenvalue weighted by molar-refractivity contribution is 0.138. The Balaban J connectivity index is 2.25. The van der Waals surface area contributed by atoms with Crippen molar-refractivity contribution in [2.45, 2.75) is 13.5 Å². The van der Waals surface area contributed by atoms with Crippen LogP contribution in [0.25, 0.3) is 0 Å². The van der Waals surface area contributed by atoms with Gasteiger partial charge in [-0.3, -0.25) is 0 Å². The van der Waals surface area contributed by atoms with Gasteiger partial charge in [-0.2, -0.15) is 0 Å². The molecule has 0 bridgehead atoms. The van der Waals surface area contributed by atoms with Crippen molar-refractivity contribution >= 4 is 15.9 Å². The van der Waals surface area contributed by atoms with Crippen molar-refractivity contribution in [2.75, 3.05) is 18.6 Å². The van der Waals surface area contributed by atoms with Crippen molar-refractivity contribution in [1.29, 1.82) is 0 Å². The average molecular weight is 285 g/mol. The third kappa shape index (κ3) is 7.46. The monoisotopic (exact) mass is 285 g/mol. The molecule has 6 heteroatoms. The molecule has 0 saturated carbocycles. The molecule has 106 valence electrons. The minimum Gasteiger partial charge on any atom is -0.445 e. The third-order valence-corrected chi connectivity index (χ3v) is 3.57. The lowest BCUT2D eigenvalue weighted by Crippen LogP contribution is -2.31. The van der Waals surface area contributed by atoms with E-state index in [9.17, 15) is 13.2 Å². The molecule has 1 amide bonds. The van der Waals surface area contributed by atoms with Gasteiger partial charge in [0, 0.05) is 12.8 Å². The molecule has 0 unspecified atom stereocenters. The summed E-state index contributed by atoms with van der Waals surface area (Å²) in [5.74, 6) is -0.0920. The van der Waals surface area contributed by atoms with Crippen LogP contribution in [0.4, 0.5) is 4.79 Å². The van der Waals surface area contributed by atoms with Crippen molar-refractivity contribution in [2.24, 2.45) is 5.92 Å². The molecule has 0 radical (unpaired) electrons. The fraction of sp³-hybridized carbons (Fsp3) is 0.462. The number of hydrogen-bond donors (Lipinski definition) is 1. The van der Waals surface area contributed by atoms with E-state index in [1.807, 2.05) is 30.3 Å². The molecule has 0 heterocycles. The van der Waals surface area contributed by atoms with Gasteiger partial charge in [0.2, 0.25) is 0 Å². The number of sulfone groups is 1. The number of ether oxygens (including phenoxy) is 1. The summed E-state index contributed by atoms with van der Waals surface area (Å²) >= 11 is 0. The van der Waals surface area contributed by atoms with E-state index in [0.717, 1.165) is 5.56 Å². The van der Waals surface area contributed by atoms with Crippen LogP contribution in [-0.4, -0.2) is 33.1 Å². The van der Waals surface area contributed by atoms with Gasteiger partial charge in [-0.05, 0) is 11.5 Å². The molecular weight excluding hydrogens is 266 g/mol. The second-order valence-electron chi connectivity index (χ2n) is 4.64. The van der Waals surface area contributed by atoms with E-state index in [1.165, 1.54) is 6.26 Å². The zero-order valence-electron chi connectivity index (χ0n) is 11.1. The summed E-state index contributed by atoms with van der Waals surface area (Å²) in [6.45, 7) is 2.24. The summed E-state index contributed by atoms with van der Waals surface area (Å²) in [6.07, 6.45) is 0.640. The summed E-state index contributed by atoms with van der Waals surface area (Å²) in [4.78, 5) is 11.4. The van der Waals surface area contributed by atoms with Gasteiger partial charge >= 0.3 is 6.09 Å². The predicted molar refractivity (Wildman–Crippen MR) is 73.5 cm³/mol. The average Bonchev–Trinajstić information content (AvgIpc) is 2.33. The minimum atomic E-state index is -3.02. The first-order chi connectivity index (χ1) is 8.87. The lowest BCUT2D eigenvalue weighted by atomic mass is 10.2. The molecule has 0 aromatic heterocycles. The summed E-state index contributed by atoms with van der Waals surface area (Å²) < 4.78 is 27.1. The quantitative estimate of drug-likeness (QED) is 0.861. The summed E-state index contributed by atoms with van der Waals surface area (Å²) in [7, 11) is -3.02. The van der Waals surface area contributed by atoms with Crippen LogP contribution < -0.4 is 5.32 Å². The molecule has 1 N–H and O–H groups in total. The number of carbonyl (C=O) groups excluding carboxylic acids is 1. The highest BCUT2D eigenvalue weighted by Gasteiger charge is 2.12. The number of rotatable bonds is 6. The highest BCUT2D eigenvalue weighted by molar-refractivity contribution is 7.90. The van der Waals surface area contributed by atoms with Gasteiger partial charge in [0.15, 0.2) is 0 Å². The van der Waals surface area contributed by atoms with Crippen LogP contribution in [0, 0.1) is 5.92 Å². The number of hydrogen-bond acceptors (Lipinski definition) is 4. The maximum atomic E-state index is 11.4. The Morgan fingerprint density at radius 3 is 2.53 bits per heavy atom. The smallest absolute Gasteiger partial charge is 0.407 e. The van der Waals surface area contributed by atoms with Gasteiger partial charge in [0.25, 0.3) is 0 Å². The molecule has 0 saturated heterocycles. The van der Waals surface area contributed by atoms with Crippen molar-refractivity contribution < 1.29 is 17.9 Å². The van der Waals surface area contributed by atoms with E-state index in [0.29, 0.717) is 0 Å². The molecule has 0 fully saturated rings. The number of alkyl carbamates (subject to hydrolysis) is 1. The molecular formula is C13H19NO4S. The standard InChI is InChI=1S/C13H19NO4S/c1-11(10-19(2,16)17)8-14-13(15)18-9-12-6-4-3-5-7-12/h3-7,11H,8-10H2,1-2H3,(H,14,15)/t11-/m0/s1. The third-order valence-electron chi connectivity index (χ3n) is 2.39. The lowest BCUT2D eigenvalue weighted by Gasteiger charge is -2.11. The second kappa shape index (κ2) is 7.13. The number of carbonyl (C=O) groups is 1. The van der Waals surface area contributed by atoms with Crippen molar-refractivity contribution in [3.8, 4) is 0 Å². The van der Waals surface area contributed by atoms with Gasteiger partial charge in [-0.25, -0.2) is 13.2 Å². The Morgan fingerprint density at radius 2 is 1.95 bits per heavy atom. The van der Waals surface area contributed by atoms with E-state index in [4.69, 9.17) is 4.74 Å². The summed E-state index contributed by atoms with van der Waals surface area (Å²) in [5.41, 5.74) is 0.904. The molecule has 1 aromatic carbocycles. The SMILES string of the molecule is C[C@@H](CNC(=O)OCc1ccccc1)CS(C)(=O)=O. The first kappa shape index (κ1) is 15.5. The topological polar surface area (TPSA) is 72.5 Å². The van der Waals surface area contributed by atoms with E-state index in [-0.39, 0.29) is 24.8 Å². The normalized spacial score (nSPS) is 12.7. The largest absolute Gasteiger partial charge is 0.445 e. The van der Waals surface area contributed by atoms with E-state index in [1.54, 1.807) is 6.92 Å². The van der Waals surface area contributed by atoms with Gasteiger partial charge in [0.05, 0.1) is 5.75 Å².